The lowest BCUT2D eigenvalue weighted by atomic mass is 10.3. The van der Waals surface area contributed by atoms with Crippen molar-refractivity contribution in [3.8, 4) is 0 Å². The highest BCUT2D eigenvalue weighted by Gasteiger charge is 2.31. The Labute approximate surface area is 129 Å². The predicted octanol–water partition coefficient (Wildman–Crippen LogP) is 0.409. The van der Waals surface area contributed by atoms with Gasteiger partial charge in [-0.3, -0.25) is 4.79 Å². The third-order valence-corrected chi connectivity index (χ3v) is 7.01. The molecule has 1 amide bonds. The Bertz CT molecular complexity index is 598. The summed E-state index contributed by atoms with van der Waals surface area (Å²) in [5.41, 5.74) is 0. The van der Waals surface area contributed by atoms with Crippen molar-refractivity contribution in [3.05, 3.63) is 17.0 Å². The van der Waals surface area contributed by atoms with Crippen molar-refractivity contribution in [2.45, 2.75) is 30.5 Å². The van der Waals surface area contributed by atoms with E-state index < -0.39 is 10.0 Å². The smallest absolute Gasteiger partial charge is 0.252 e. The minimum atomic E-state index is -3.41. The van der Waals surface area contributed by atoms with E-state index in [1.807, 2.05) is 13.0 Å². The topological polar surface area (TPSA) is 78.5 Å². The molecule has 1 aliphatic rings. The molecule has 1 unspecified atom stereocenters. The third-order valence-electron chi connectivity index (χ3n) is 3.39. The van der Waals surface area contributed by atoms with Gasteiger partial charge < -0.3 is 10.6 Å². The molecule has 0 radical (unpaired) electrons. The van der Waals surface area contributed by atoms with Crippen molar-refractivity contribution < 1.29 is 13.2 Å². The fraction of sp³-hybridized carbons (Fsp3) is 0.615. The molecule has 0 aliphatic carbocycles. The second kappa shape index (κ2) is 6.87. The number of hydrogen-bond acceptors (Lipinski definition) is 5. The van der Waals surface area contributed by atoms with Gasteiger partial charge in [-0.1, -0.05) is 0 Å². The second-order valence-electron chi connectivity index (χ2n) is 5.12. The number of rotatable bonds is 5. The molecule has 118 valence electrons. The molecular formula is C13H21N3O3S2. The van der Waals surface area contributed by atoms with Crippen molar-refractivity contribution in [3.63, 3.8) is 0 Å². The van der Waals surface area contributed by atoms with Gasteiger partial charge in [0.1, 0.15) is 4.21 Å². The Hall–Kier alpha value is -0.960. The summed E-state index contributed by atoms with van der Waals surface area (Å²) in [5, 5.41) is 5.90. The Morgan fingerprint density at radius 1 is 1.52 bits per heavy atom. The molecule has 21 heavy (non-hydrogen) atoms. The summed E-state index contributed by atoms with van der Waals surface area (Å²) in [6, 6.07) is 3.46. The number of nitrogens with one attached hydrogen (secondary N) is 2. The molecule has 2 N–H and O–H groups in total. The van der Waals surface area contributed by atoms with Crippen molar-refractivity contribution >= 4 is 27.3 Å². The molecule has 2 rings (SSSR count). The molecule has 0 saturated carbocycles. The lowest BCUT2D eigenvalue weighted by Gasteiger charge is -2.32. The highest BCUT2D eigenvalue weighted by atomic mass is 32.2. The minimum absolute atomic E-state index is 0.0336. The zero-order valence-electron chi connectivity index (χ0n) is 12.3. The SMILES string of the molecule is CC(=O)NCCc1ccc(S(=O)(=O)N2CCNCC2C)s1. The van der Waals surface area contributed by atoms with Gasteiger partial charge >= 0.3 is 0 Å². The summed E-state index contributed by atoms with van der Waals surface area (Å²) in [6.45, 7) is 5.78. The summed E-state index contributed by atoms with van der Waals surface area (Å²) in [6.07, 6.45) is 0.650. The van der Waals surface area contributed by atoms with Crippen LogP contribution in [0, 0.1) is 0 Å². The molecular weight excluding hydrogens is 310 g/mol. The third kappa shape index (κ3) is 4.03. The summed E-state index contributed by atoms with van der Waals surface area (Å²) in [5.74, 6) is -0.0750. The van der Waals surface area contributed by atoms with E-state index in [2.05, 4.69) is 10.6 Å². The van der Waals surface area contributed by atoms with E-state index in [9.17, 15) is 13.2 Å². The summed E-state index contributed by atoms with van der Waals surface area (Å²) in [4.78, 5) is 11.8. The zero-order valence-corrected chi connectivity index (χ0v) is 13.9. The minimum Gasteiger partial charge on any atom is -0.356 e. The predicted molar refractivity (Wildman–Crippen MR) is 82.9 cm³/mol. The largest absolute Gasteiger partial charge is 0.356 e. The van der Waals surface area contributed by atoms with E-state index in [1.165, 1.54) is 18.3 Å². The molecule has 0 aromatic carbocycles. The number of thiophene rings is 1. The quantitative estimate of drug-likeness (QED) is 0.819. The van der Waals surface area contributed by atoms with Gasteiger partial charge in [-0.25, -0.2) is 8.42 Å². The first-order valence-corrected chi connectivity index (χ1v) is 9.22. The molecule has 0 bridgehead atoms. The van der Waals surface area contributed by atoms with Crippen LogP contribution in [0.1, 0.15) is 18.7 Å². The van der Waals surface area contributed by atoms with Crippen LogP contribution >= 0.6 is 11.3 Å². The van der Waals surface area contributed by atoms with Gasteiger partial charge in [-0.15, -0.1) is 11.3 Å². The van der Waals surface area contributed by atoms with E-state index in [1.54, 1.807) is 10.4 Å². The number of nitrogens with zero attached hydrogens (tertiary/aromatic N) is 1. The maximum Gasteiger partial charge on any atom is 0.252 e. The number of carbonyl (C=O) groups excluding carboxylic acids is 1. The number of carbonyl (C=O) groups is 1. The van der Waals surface area contributed by atoms with Crippen LogP contribution in [0.3, 0.4) is 0 Å². The number of amides is 1. The van der Waals surface area contributed by atoms with Crippen LogP contribution < -0.4 is 10.6 Å². The number of piperazine rings is 1. The van der Waals surface area contributed by atoms with Gasteiger partial charge in [0.05, 0.1) is 0 Å². The van der Waals surface area contributed by atoms with E-state index in [0.717, 1.165) is 4.88 Å². The molecule has 1 saturated heterocycles. The number of hydrogen-bond donors (Lipinski definition) is 2. The molecule has 1 aromatic rings. The lowest BCUT2D eigenvalue weighted by molar-refractivity contribution is -0.118. The molecule has 2 heterocycles. The number of sulfonamides is 1. The normalized spacial score (nSPS) is 20.4. The van der Waals surface area contributed by atoms with E-state index in [-0.39, 0.29) is 11.9 Å². The van der Waals surface area contributed by atoms with Crippen molar-refractivity contribution in [1.82, 2.24) is 14.9 Å². The molecule has 1 aliphatic heterocycles. The maximum absolute atomic E-state index is 12.6. The van der Waals surface area contributed by atoms with Gasteiger partial charge in [0.15, 0.2) is 0 Å². The monoisotopic (exact) mass is 331 g/mol. The Morgan fingerprint density at radius 3 is 2.95 bits per heavy atom. The Balaban J connectivity index is 2.06. The lowest BCUT2D eigenvalue weighted by Crippen LogP contribution is -2.51. The Kier molecular flexibility index (Phi) is 5.37. The molecule has 6 nitrogen and oxygen atoms in total. The van der Waals surface area contributed by atoms with Gasteiger partial charge in [0.25, 0.3) is 10.0 Å². The molecule has 8 heteroatoms. The van der Waals surface area contributed by atoms with Crippen molar-refractivity contribution in [1.29, 1.82) is 0 Å². The zero-order chi connectivity index (χ0) is 15.5. The van der Waals surface area contributed by atoms with Crippen LogP contribution in [0.2, 0.25) is 0 Å². The van der Waals surface area contributed by atoms with Gasteiger partial charge in [0, 0.05) is 44.0 Å². The summed E-state index contributed by atoms with van der Waals surface area (Å²) >= 11 is 1.29. The highest BCUT2D eigenvalue weighted by molar-refractivity contribution is 7.91. The van der Waals surface area contributed by atoms with Gasteiger partial charge in [-0.05, 0) is 25.5 Å². The van der Waals surface area contributed by atoms with Crippen molar-refractivity contribution in [2.75, 3.05) is 26.2 Å². The first kappa shape index (κ1) is 16.4. The average molecular weight is 331 g/mol. The Morgan fingerprint density at radius 2 is 2.29 bits per heavy atom. The van der Waals surface area contributed by atoms with Crippen LogP contribution in [-0.4, -0.2) is 50.9 Å². The van der Waals surface area contributed by atoms with Crippen molar-refractivity contribution in [2.24, 2.45) is 0 Å². The molecule has 1 fully saturated rings. The van der Waals surface area contributed by atoms with Crippen LogP contribution in [0.4, 0.5) is 0 Å². The first-order chi connectivity index (χ1) is 9.91. The van der Waals surface area contributed by atoms with Crippen LogP contribution in [-0.2, 0) is 21.2 Å². The fourth-order valence-electron chi connectivity index (χ4n) is 2.29. The standard InChI is InChI=1S/C13H21N3O3S2/c1-10-9-14-7-8-16(10)21(18,19)13-4-3-12(20-13)5-6-15-11(2)17/h3-4,10,14H,5-9H2,1-2H3,(H,15,17). The van der Waals surface area contributed by atoms with E-state index in [0.29, 0.717) is 36.8 Å². The first-order valence-electron chi connectivity index (χ1n) is 6.97. The average Bonchev–Trinajstić information content (AvgIpc) is 2.88. The van der Waals surface area contributed by atoms with E-state index in [4.69, 9.17) is 0 Å². The molecule has 1 atom stereocenters. The van der Waals surface area contributed by atoms with E-state index >= 15 is 0 Å². The second-order valence-corrected chi connectivity index (χ2v) is 8.41. The summed E-state index contributed by atoms with van der Waals surface area (Å²) in [7, 11) is -3.41. The van der Waals surface area contributed by atoms with Crippen LogP contribution in [0.25, 0.3) is 0 Å². The highest BCUT2D eigenvalue weighted by Crippen LogP contribution is 2.26. The maximum atomic E-state index is 12.6. The molecule has 1 aromatic heterocycles. The van der Waals surface area contributed by atoms with Crippen LogP contribution in [0.5, 0.6) is 0 Å². The van der Waals surface area contributed by atoms with Gasteiger partial charge in [0.2, 0.25) is 5.91 Å². The molecule has 0 spiro atoms. The fourth-order valence-corrected chi connectivity index (χ4v) is 5.40. The summed E-state index contributed by atoms with van der Waals surface area (Å²) < 4.78 is 27.2. The van der Waals surface area contributed by atoms with Crippen LogP contribution in [0.15, 0.2) is 16.3 Å². The van der Waals surface area contributed by atoms with Gasteiger partial charge in [-0.2, -0.15) is 4.31 Å².